The summed E-state index contributed by atoms with van der Waals surface area (Å²) in [4.78, 5) is 13.7. The zero-order valence-corrected chi connectivity index (χ0v) is 11.7. The Morgan fingerprint density at radius 2 is 2.16 bits per heavy atom. The van der Waals surface area contributed by atoms with Crippen molar-refractivity contribution >= 4 is 5.91 Å². The molecule has 0 saturated carbocycles. The highest BCUT2D eigenvalue weighted by molar-refractivity contribution is 5.97. The minimum Gasteiger partial charge on any atom is -0.383 e. The van der Waals surface area contributed by atoms with E-state index in [0.29, 0.717) is 26.2 Å². The zero-order chi connectivity index (χ0) is 14.3. The maximum absolute atomic E-state index is 11.8. The Bertz CT molecular complexity index is 366. The molecule has 19 heavy (non-hydrogen) atoms. The van der Waals surface area contributed by atoms with Crippen molar-refractivity contribution in [2.45, 2.75) is 26.1 Å². The summed E-state index contributed by atoms with van der Waals surface area (Å²) in [7, 11) is 1.56. The van der Waals surface area contributed by atoms with Gasteiger partial charge in [0.15, 0.2) is 0 Å². The third kappa shape index (κ3) is 5.28. The van der Waals surface area contributed by atoms with Crippen LogP contribution in [0.5, 0.6) is 0 Å². The Hall–Kier alpha value is -1.58. The summed E-state index contributed by atoms with van der Waals surface area (Å²) in [5.74, 6) is -0.369. The van der Waals surface area contributed by atoms with Crippen LogP contribution in [0.25, 0.3) is 0 Å². The van der Waals surface area contributed by atoms with Gasteiger partial charge in [-0.15, -0.1) is 0 Å². The van der Waals surface area contributed by atoms with E-state index in [-0.39, 0.29) is 23.7 Å². The maximum atomic E-state index is 11.8. The van der Waals surface area contributed by atoms with Gasteiger partial charge in [-0.3, -0.25) is 4.79 Å². The van der Waals surface area contributed by atoms with Crippen LogP contribution in [0.4, 0.5) is 0 Å². The van der Waals surface area contributed by atoms with Gasteiger partial charge in [0.2, 0.25) is 0 Å². The van der Waals surface area contributed by atoms with Gasteiger partial charge in [0.05, 0.1) is 18.8 Å². The molecule has 1 amide bonds. The molecule has 6 nitrogen and oxygen atoms in total. The van der Waals surface area contributed by atoms with Crippen molar-refractivity contribution in [1.82, 2.24) is 10.2 Å². The molecule has 1 aliphatic heterocycles. The lowest BCUT2D eigenvalue weighted by molar-refractivity contribution is -0.117. The summed E-state index contributed by atoms with van der Waals surface area (Å²) in [5.41, 5.74) is 0.109. The quantitative estimate of drug-likeness (QED) is 0.439. The van der Waals surface area contributed by atoms with E-state index in [0.717, 1.165) is 0 Å². The molecule has 0 spiro atoms. The normalized spacial score (nSPS) is 23.9. The predicted octanol–water partition coefficient (Wildman–Crippen LogP) is 0.266. The standard InChI is InChI=1S/C13H21N3O3/c1-10-7-16(8-11(2)19-10)9-12(6-14)13(17)15-4-5-18-3/h9-11H,4-5,7-8H2,1-3H3,(H,15,17)/b12-9-. The number of methoxy groups -OCH3 is 1. The second-order valence-corrected chi connectivity index (χ2v) is 4.61. The van der Waals surface area contributed by atoms with Gasteiger partial charge in [0.25, 0.3) is 5.91 Å². The number of amides is 1. The molecule has 1 rings (SSSR count). The van der Waals surface area contributed by atoms with Crippen LogP contribution in [0.2, 0.25) is 0 Å². The molecule has 1 aliphatic rings. The number of rotatable bonds is 5. The number of carbonyl (C=O) groups excluding carboxylic acids is 1. The summed E-state index contributed by atoms with van der Waals surface area (Å²) in [6, 6.07) is 1.93. The van der Waals surface area contributed by atoms with Crippen LogP contribution < -0.4 is 5.32 Å². The van der Waals surface area contributed by atoms with Crippen molar-refractivity contribution in [3.63, 3.8) is 0 Å². The van der Waals surface area contributed by atoms with E-state index in [2.05, 4.69) is 5.32 Å². The van der Waals surface area contributed by atoms with Gasteiger partial charge >= 0.3 is 0 Å². The molecule has 2 atom stereocenters. The first-order valence-corrected chi connectivity index (χ1v) is 6.35. The largest absolute Gasteiger partial charge is 0.383 e. The monoisotopic (exact) mass is 267 g/mol. The fraction of sp³-hybridized carbons (Fsp3) is 0.692. The average molecular weight is 267 g/mol. The van der Waals surface area contributed by atoms with Gasteiger partial charge in [-0.1, -0.05) is 0 Å². The topological polar surface area (TPSA) is 74.6 Å². The number of hydrogen-bond donors (Lipinski definition) is 1. The minimum absolute atomic E-state index is 0.0940. The predicted molar refractivity (Wildman–Crippen MR) is 70.2 cm³/mol. The lowest BCUT2D eigenvalue weighted by atomic mass is 10.2. The van der Waals surface area contributed by atoms with Crippen LogP contribution in [-0.4, -0.2) is 56.4 Å². The van der Waals surface area contributed by atoms with E-state index in [1.165, 1.54) is 0 Å². The molecular formula is C13H21N3O3. The summed E-state index contributed by atoms with van der Waals surface area (Å²) in [6.07, 6.45) is 1.80. The second-order valence-electron chi connectivity index (χ2n) is 4.61. The molecule has 1 heterocycles. The molecule has 1 fully saturated rings. The lowest BCUT2D eigenvalue weighted by Gasteiger charge is -2.34. The highest BCUT2D eigenvalue weighted by Crippen LogP contribution is 2.12. The SMILES string of the molecule is COCCNC(=O)/C(C#N)=C\N1CC(C)OC(C)C1. The van der Waals surface area contributed by atoms with Crippen LogP contribution in [0.15, 0.2) is 11.8 Å². The average Bonchev–Trinajstić information content (AvgIpc) is 2.35. The third-order valence-corrected chi connectivity index (χ3v) is 2.72. The smallest absolute Gasteiger partial charge is 0.263 e. The zero-order valence-electron chi connectivity index (χ0n) is 11.7. The molecular weight excluding hydrogens is 246 g/mol. The number of nitrogens with zero attached hydrogens (tertiary/aromatic N) is 2. The van der Waals surface area contributed by atoms with E-state index in [1.54, 1.807) is 13.3 Å². The van der Waals surface area contributed by atoms with E-state index in [9.17, 15) is 4.79 Å². The molecule has 0 aromatic heterocycles. The van der Waals surface area contributed by atoms with Gasteiger partial charge in [-0.05, 0) is 13.8 Å². The van der Waals surface area contributed by atoms with Crippen LogP contribution in [0, 0.1) is 11.3 Å². The Morgan fingerprint density at radius 3 is 2.68 bits per heavy atom. The number of hydrogen-bond acceptors (Lipinski definition) is 5. The van der Waals surface area contributed by atoms with E-state index in [1.807, 2.05) is 24.8 Å². The fourth-order valence-corrected chi connectivity index (χ4v) is 2.01. The Labute approximate surface area is 114 Å². The van der Waals surface area contributed by atoms with Crippen molar-refractivity contribution in [2.75, 3.05) is 33.4 Å². The first-order chi connectivity index (χ1) is 9.06. The molecule has 2 unspecified atom stereocenters. The molecule has 0 aromatic rings. The second kappa shape index (κ2) is 7.77. The van der Waals surface area contributed by atoms with Gasteiger partial charge in [-0.25, -0.2) is 0 Å². The molecule has 0 aromatic carbocycles. The summed E-state index contributed by atoms with van der Waals surface area (Å²) >= 11 is 0. The van der Waals surface area contributed by atoms with Crippen molar-refractivity contribution < 1.29 is 14.3 Å². The fourth-order valence-electron chi connectivity index (χ4n) is 2.01. The molecule has 1 N–H and O–H groups in total. The van der Waals surface area contributed by atoms with Crippen molar-refractivity contribution in [3.8, 4) is 6.07 Å². The number of morpholine rings is 1. The Kier molecular flexibility index (Phi) is 6.33. The molecule has 1 saturated heterocycles. The van der Waals surface area contributed by atoms with Crippen molar-refractivity contribution in [2.24, 2.45) is 0 Å². The molecule has 106 valence electrons. The highest BCUT2D eigenvalue weighted by atomic mass is 16.5. The van der Waals surface area contributed by atoms with Crippen LogP contribution in [0.3, 0.4) is 0 Å². The third-order valence-electron chi connectivity index (χ3n) is 2.72. The van der Waals surface area contributed by atoms with Gasteiger partial charge in [0.1, 0.15) is 11.6 Å². The molecule has 0 aliphatic carbocycles. The highest BCUT2D eigenvalue weighted by Gasteiger charge is 2.21. The summed E-state index contributed by atoms with van der Waals surface area (Å²) in [5, 5.41) is 11.7. The minimum atomic E-state index is -0.369. The van der Waals surface area contributed by atoms with Crippen LogP contribution >= 0.6 is 0 Å². The number of ether oxygens (including phenoxy) is 2. The van der Waals surface area contributed by atoms with Crippen molar-refractivity contribution in [1.29, 1.82) is 5.26 Å². The maximum Gasteiger partial charge on any atom is 0.263 e. The molecule has 6 heteroatoms. The first kappa shape index (κ1) is 15.5. The Morgan fingerprint density at radius 1 is 1.53 bits per heavy atom. The van der Waals surface area contributed by atoms with Gasteiger partial charge < -0.3 is 19.7 Å². The van der Waals surface area contributed by atoms with Gasteiger partial charge in [-0.2, -0.15) is 5.26 Å². The van der Waals surface area contributed by atoms with Crippen LogP contribution in [0.1, 0.15) is 13.8 Å². The van der Waals surface area contributed by atoms with E-state index >= 15 is 0 Å². The van der Waals surface area contributed by atoms with E-state index in [4.69, 9.17) is 14.7 Å². The molecule has 0 radical (unpaired) electrons. The lowest BCUT2D eigenvalue weighted by Crippen LogP contribution is -2.43. The number of nitrogens with one attached hydrogen (secondary N) is 1. The number of nitriles is 1. The van der Waals surface area contributed by atoms with Crippen molar-refractivity contribution in [3.05, 3.63) is 11.8 Å². The Balaban J connectivity index is 2.60. The van der Waals surface area contributed by atoms with Gasteiger partial charge in [0, 0.05) is 32.9 Å². The molecule has 0 bridgehead atoms. The summed E-state index contributed by atoms with van der Waals surface area (Å²) < 4.78 is 10.4. The first-order valence-electron chi connectivity index (χ1n) is 6.35. The van der Waals surface area contributed by atoms with E-state index < -0.39 is 0 Å². The summed E-state index contributed by atoms with van der Waals surface area (Å²) in [6.45, 7) is 6.13. The number of carbonyl (C=O) groups is 1. The van der Waals surface area contributed by atoms with Crippen LogP contribution in [-0.2, 0) is 14.3 Å².